The van der Waals surface area contributed by atoms with Crippen LogP contribution in [0.15, 0.2) is 6.07 Å². The molecule has 2 aromatic heterocycles. The van der Waals surface area contributed by atoms with Crippen LogP contribution >= 0.6 is 11.3 Å². The fraction of sp³-hybridized carbons (Fsp3) is 0.625. The van der Waals surface area contributed by atoms with Crippen LogP contribution in [0.5, 0.6) is 0 Å². The summed E-state index contributed by atoms with van der Waals surface area (Å²) in [5.41, 5.74) is 6.11. The molecule has 108 valence electrons. The van der Waals surface area contributed by atoms with E-state index in [1.54, 1.807) is 11.3 Å². The average molecular weight is 289 g/mol. The quantitative estimate of drug-likeness (QED) is 0.884. The van der Waals surface area contributed by atoms with Crippen LogP contribution in [0.3, 0.4) is 0 Å². The number of nitrogen functional groups attached to an aromatic ring is 1. The molecule has 0 amide bonds. The second-order valence-corrected chi connectivity index (χ2v) is 7.63. The smallest absolute Gasteiger partial charge is 0.135 e. The summed E-state index contributed by atoms with van der Waals surface area (Å²) < 4.78 is 0. The van der Waals surface area contributed by atoms with E-state index in [2.05, 4.69) is 31.8 Å². The first-order valence-corrected chi connectivity index (χ1v) is 8.39. The number of rotatable bonds is 2. The second kappa shape index (κ2) is 5.32. The van der Waals surface area contributed by atoms with Gasteiger partial charge in [-0.25, -0.2) is 9.97 Å². The van der Waals surface area contributed by atoms with Gasteiger partial charge in [0.15, 0.2) is 0 Å². The minimum atomic E-state index is 0.499. The molecule has 1 fully saturated rings. The van der Waals surface area contributed by atoms with Gasteiger partial charge in [-0.1, -0.05) is 13.8 Å². The molecular formula is C16H23N3S. The topological polar surface area (TPSA) is 51.8 Å². The van der Waals surface area contributed by atoms with E-state index in [0.29, 0.717) is 11.7 Å². The van der Waals surface area contributed by atoms with Gasteiger partial charge in [-0.3, -0.25) is 0 Å². The third-order valence-electron chi connectivity index (χ3n) is 4.64. The Morgan fingerprint density at radius 1 is 1.20 bits per heavy atom. The van der Waals surface area contributed by atoms with E-state index in [1.807, 2.05) is 0 Å². The summed E-state index contributed by atoms with van der Waals surface area (Å²) in [5.74, 6) is 3.79. The van der Waals surface area contributed by atoms with E-state index in [9.17, 15) is 0 Å². The Morgan fingerprint density at radius 3 is 2.55 bits per heavy atom. The number of thiophene rings is 1. The van der Waals surface area contributed by atoms with Crippen LogP contribution in [0.1, 0.15) is 56.2 Å². The molecule has 3 rings (SSSR count). The Kier molecular flexibility index (Phi) is 3.67. The lowest BCUT2D eigenvalue weighted by Crippen LogP contribution is -2.19. The molecule has 0 spiro atoms. The number of aromatic nitrogens is 2. The maximum atomic E-state index is 6.11. The van der Waals surface area contributed by atoms with E-state index in [1.165, 1.54) is 30.6 Å². The summed E-state index contributed by atoms with van der Waals surface area (Å²) in [4.78, 5) is 11.7. The fourth-order valence-electron chi connectivity index (χ4n) is 3.31. The molecule has 0 bridgehead atoms. The number of nitrogens with zero attached hydrogens (tertiary/aromatic N) is 2. The first-order chi connectivity index (χ1) is 9.54. The van der Waals surface area contributed by atoms with Gasteiger partial charge in [0.2, 0.25) is 0 Å². The number of anilines is 1. The Bertz CT molecular complexity index is 609. The van der Waals surface area contributed by atoms with Crippen molar-refractivity contribution in [2.45, 2.75) is 52.4 Å². The van der Waals surface area contributed by atoms with E-state index in [-0.39, 0.29) is 0 Å². The summed E-state index contributed by atoms with van der Waals surface area (Å²) in [6.45, 7) is 6.76. The highest BCUT2D eigenvalue weighted by atomic mass is 32.1. The molecule has 1 aliphatic rings. The Morgan fingerprint density at radius 2 is 1.90 bits per heavy atom. The molecule has 20 heavy (non-hydrogen) atoms. The van der Waals surface area contributed by atoms with Crippen molar-refractivity contribution in [2.24, 2.45) is 11.8 Å². The molecule has 2 aromatic rings. The van der Waals surface area contributed by atoms with Gasteiger partial charge >= 0.3 is 0 Å². The number of hydrogen-bond donors (Lipinski definition) is 1. The molecule has 4 heteroatoms. The van der Waals surface area contributed by atoms with Crippen molar-refractivity contribution in [2.75, 3.05) is 5.73 Å². The molecule has 3 nitrogen and oxygen atoms in total. The van der Waals surface area contributed by atoms with E-state index in [0.717, 1.165) is 27.9 Å². The molecular weight excluding hydrogens is 266 g/mol. The monoisotopic (exact) mass is 289 g/mol. The lowest BCUT2D eigenvalue weighted by molar-refractivity contribution is 0.255. The SMILES string of the molecule is Cc1cc2c(N)nc(C3CCC(C(C)C)CC3)nc2s1. The molecule has 0 aliphatic heterocycles. The zero-order valence-electron chi connectivity index (χ0n) is 12.5. The largest absolute Gasteiger partial charge is 0.383 e. The molecule has 2 heterocycles. The molecule has 1 saturated carbocycles. The van der Waals surface area contributed by atoms with Crippen molar-refractivity contribution in [3.63, 3.8) is 0 Å². The van der Waals surface area contributed by atoms with Crippen LogP contribution in [-0.2, 0) is 0 Å². The standard InChI is InChI=1S/C16H23N3S/c1-9(2)11-4-6-12(7-5-11)15-18-14(17)13-8-10(3)20-16(13)19-15/h8-9,11-12H,4-7H2,1-3H3,(H2,17,18,19). The van der Waals surface area contributed by atoms with E-state index < -0.39 is 0 Å². The minimum Gasteiger partial charge on any atom is -0.383 e. The van der Waals surface area contributed by atoms with Crippen molar-refractivity contribution in [3.8, 4) is 0 Å². The van der Waals surface area contributed by atoms with Crippen molar-refractivity contribution < 1.29 is 0 Å². The molecule has 1 aliphatic carbocycles. The Labute approximate surface area is 124 Å². The molecule has 0 unspecified atom stereocenters. The molecule has 0 atom stereocenters. The maximum Gasteiger partial charge on any atom is 0.135 e. The number of aryl methyl sites for hydroxylation is 1. The highest BCUT2D eigenvalue weighted by Gasteiger charge is 2.26. The van der Waals surface area contributed by atoms with Gasteiger partial charge in [0.25, 0.3) is 0 Å². The predicted molar refractivity (Wildman–Crippen MR) is 86.1 cm³/mol. The first-order valence-electron chi connectivity index (χ1n) is 7.58. The lowest BCUT2D eigenvalue weighted by atomic mass is 9.77. The van der Waals surface area contributed by atoms with Gasteiger partial charge in [0.05, 0.1) is 5.39 Å². The average Bonchev–Trinajstić information content (AvgIpc) is 2.80. The van der Waals surface area contributed by atoms with Gasteiger partial charge in [0, 0.05) is 10.8 Å². The van der Waals surface area contributed by atoms with Crippen molar-refractivity contribution >= 4 is 27.4 Å². The van der Waals surface area contributed by atoms with E-state index >= 15 is 0 Å². The third kappa shape index (κ3) is 2.53. The van der Waals surface area contributed by atoms with Crippen molar-refractivity contribution in [1.29, 1.82) is 0 Å². The van der Waals surface area contributed by atoms with Crippen molar-refractivity contribution in [3.05, 3.63) is 16.8 Å². The Hall–Kier alpha value is -1.16. The highest BCUT2D eigenvalue weighted by molar-refractivity contribution is 7.18. The van der Waals surface area contributed by atoms with Crippen LogP contribution in [-0.4, -0.2) is 9.97 Å². The van der Waals surface area contributed by atoms with Gasteiger partial charge in [-0.05, 0) is 50.5 Å². The van der Waals surface area contributed by atoms with E-state index in [4.69, 9.17) is 10.7 Å². The lowest BCUT2D eigenvalue weighted by Gasteiger charge is -2.30. The summed E-state index contributed by atoms with van der Waals surface area (Å²) in [5, 5.41) is 1.02. The third-order valence-corrected chi connectivity index (χ3v) is 5.59. The number of fused-ring (bicyclic) bond motifs is 1. The normalized spacial score (nSPS) is 23.6. The van der Waals surface area contributed by atoms with Gasteiger partial charge in [-0.15, -0.1) is 11.3 Å². The van der Waals surface area contributed by atoms with Gasteiger partial charge in [-0.2, -0.15) is 0 Å². The summed E-state index contributed by atoms with van der Waals surface area (Å²) in [7, 11) is 0. The maximum absolute atomic E-state index is 6.11. The van der Waals surface area contributed by atoms with Crippen LogP contribution in [0, 0.1) is 18.8 Å². The van der Waals surface area contributed by atoms with Crippen LogP contribution < -0.4 is 5.73 Å². The predicted octanol–water partition coefficient (Wildman–Crippen LogP) is 4.51. The number of nitrogens with two attached hydrogens (primary N) is 1. The number of hydrogen-bond acceptors (Lipinski definition) is 4. The van der Waals surface area contributed by atoms with Crippen LogP contribution in [0.4, 0.5) is 5.82 Å². The second-order valence-electron chi connectivity index (χ2n) is 6.40. The van der Waals surface area contributed by atoms with Crippen molar-refractivity contribution in [1.82, 2.24) is 9.97 Å². The van der Waals surface area contributed by atoms with Gasteiger partial charge < -0.3 is 5.73 Å². The summed E-state index contributed by atoms with van der Waals surface area (Å²) in [6.07, 6.45) is 5.01. The zero-order valence-corrected chi connectivity index (χ0v) is 13.3. The molecule has 2 N–H and O–H groups in total. The summed E-state index contributed by atoms with van der Waals surface area (Å²) in [6, 6.07) is 2.09. The Balaban J connectivity index is 1.84. The minimum absolute atomic E-state index is 0.499. The highest BCUT2D eigenvalue weighted by Crippen LogP contribution is 2.38. The molecule has 0 aromatic carbocycles. The first kappa shape index (κ1) is 13.8. The molecule has 0 saturated heterocycles. The van der Waals surface area contributed by atoms with Crippen LogP contribution in [0.2, 0.25) is 0 Å². The molecule has 0 radical (unpaired) electrons. The summed E-state index contributed by atoms with van der Waals surface area (Å²) >= 11 is 1.72. The van der Waals surface area contributed by atoms with Crippen LogP contribution in [0.25, 0.3) is 10.2 Å². The van der Waals surface area contributed by atoms with Gasteiger partial charge in [0.1, 0.15) is 16.5 Å². The zero-order chi connectivity index (χ0) is 14.3. The fourth-order valence-corrected chi connectivity index (χ4v) is 4.20.